The van der Waals surface area contributed by atoms with Gasteiger partial charge in [-0.25, -0.2) is 4.98 Å². The highest BCUT2D eigenvalue weighted by Gasteiger charge is 2.22. The van der Waals surface area contributed by atoms with Crippen LogP contribution in [0, 0.1) is 0 Å². The molecule has 35 heavy (non-hydrogen) atoms. The van der Waals surface area contributed by atoms with E-state index in [0.29, 0.717) is 28.4 Å². The van der Waals surface area contributed by atoms with Crippen molar-refractivity contribution in [1.29, 1.82) is 0 Å². The number of nitrogens with two attached hydrogens (primary N) is 1. The van der Waals surface area contributed by atoms with Crippen molar-refractivity contribution in [1.82, 2.24) is 14.7 Å². The van der Waals surface area contributed by atoms with Gasteiger partial charge in [0.25, 0.3) is 5.91 Å². The van der Waals surface area contributed by atoms with Gasteiger partial charge in [0, 0.05) is 42.0 Å². The van der Waals surface area contributed by atoms with E-state index in [-0.39, 0.29) is 30.4 Å². The molecule has 1 aromatic carbocycles. The number of carbonyl (C=O) groups excluding carboxylic acids is 3. The standard InChI is InChI=1S/C25H30N6O4/c1-15(32)28-19-7-3-16(4-8-19)23-24(27-14-22(33)35-2)31-12-11-17(13-21(31)30-23)25(34)29-20-9-5-18(26)6-10-20/h3-4,7-8,11-13,18,20,27H,5-6,9-10,14,26H2,1-2H3,(H,28,32)(H,29,34). The molecule has 0 unspecified atom stereocenters. The molecule has 5 N–H and O–H groups in total. The van der Waals surface area contributed by atoms with E-state index in [9.17, 15) is 14.4 Å². The van der Waals surface area contributed by atoms with Gasteiger partial charge in [0.2, 0.25) is 5.91 Å². The lowest BCUT2D eigenvalue weighted by molar-refractivity contribution is -0.138. The molecule has 0 spiro atoms. The Bertz CT molecular complexity index is 1230. The summed E-state index contributed by atoms with van der Waals surface area (Å²) in [7, 11) is 1.32. The monoisotopic (exact) mass is 478 g/mol. The summed E-state index contributed by atoms with van der Waals surface area (Å²) < 4.78 is 6.54. The van der Waals surface area contributed by atoms with Crippen molar-refractivity contribution in [2.45, 2.75) is 44.7 Å². The van der Waals surface area contributed by atoms with Gasteiger partial charge in [-0.3, -0.25) is 18.8 Å². The summed E-state index contributed by atoms with van der Waals surface area (Å²) in [6.07, 6.45) is 5.31. The third kappa shape index (κ3) is 5.78. The molecule has 3 aromatic rings. The molecule has 1 fully saturated rings. The van der Waals surface area contributed by atoms with Crippen LogP contribution in [0.3, 0.4) is 0 Å². The number of aromatic nitrogens is 2. The number of methoxy groups -OCH3 is 1. The molecule has 10 heteroatoms. The fourth-order valence-corrected chi connectivity index (χ4v) is 4.23. The Morgan fingerprint density at radius 1 is 1.11 bits per heavy atom. The molecule has 4 rings (SSSR count). The first kappa shape index (κ1) is 24.2. The number of hydrogen-bond acceptors (Lipinski definition) is 7. The molecule has 2 aromatic heterocycles. The molecule has 1 aliphatic carbocycles. The molecule has 10 nitrogen and oxygen atoms in total. The summed E-state index contributed by atoms with van der Waals surface area (Å²) in [6.45, 7) is 1.40. The Morgan fingerprint density at radius 2 is 1.83 bits per heavy atom. The Hall–Kier alpha value is -3.92. The van der Waals surface area contributed by atoms with Crippen molar-refractivity contribution < 1.29 is 19.1 Å². The number of anilines is 2. The van der Waals surface area contributed by atoms with Crippen LogP contribution in [0.1, 0.15) is 43.0 Å². The molecule has 2 amide bonds. The van der Waals surface area contributed by atoms with Crippen molar-refractivity contribution in [3.8, 4) is 11.3 Å². The predicted molar refractivity (Wildman–Crippen MR) is 133 cm³/mol. The number of fused-ring (bicyclic) bond motifs is 1. The number of esters is 1. The maximum absolute atomic E-state index is 12.9. The first-order valence-corrected chi connectivity index (χ1v) is 11.6. The average Bonchev–Trinajstić information content (AvgIpc) is 3.21. The molecule has 0 saturated heterocycles. The molecule has 0 bridgehead atoms. The van der Waals surface area contributed by atoms with E-state index >= 15 is 0 Å². The quantitative estimate of drug-likeness (QED) is 0.383. The van der Waals surface area contributed by atoms with Gasteiger partial charge in [0.1, 0.15) is 23.7 Å². The minimum absolute atomic E-state index is 0.0483. The number of hydrogen-bond donors (Lipinski definition) is 4. The second-order valence-corrected chi connectivity index (χ2v) is 8.73. The minimum Gasteiger partial charge on any atom is -0.468 e. The number of benzene rings is 1. The Kier molecular flexibility index (Phi) is 7.31. The van der Waals surface area contributed by atoms with Crippen LogP contribution in [0.25, 0.3) is 16.9 Å². The van der Waals surface area contributed by atoms with Crippen molar-refractivity contribution >= 4 is 34.9 Å². The molecule has 2 heterocycles. The fourth-order valence-electron chi connectivity index (χ4n) is 4.23. The second kappa shape index (κ2) is 10.6. The van der Waals surface area contributed by atoms with Crippen LogP contribution in [-0.4, -0.2) is 52.9 Å². The van der Waals surface area contributed by atoms with Crippen LogP contribution >= 0.6 is 0 Å². The van der Waals surface area contributed by atoms with Crippen LogP contribution in [0.2, 0.25) is 0 Å². The van der Waals surface area contributed by atoms with Crippen LogP contribution in [0.15, 0.2) is 42.6 Å². The number of amides is 2. The van der Waals surface area contributed by atoms with E-state index in [1.54, 1.807) is 34.9 Å². The largest absolute Gasteiger partial charge is 0.468 e. The van der Waals surface area contributed by atoms with Crippen molar-refractivity contribution in [3.05, 3.63) is 48.2 Å². The number of imidazole rings is 1. The van der Waals surface area contributed by atoms with E-state index in [0.717, 1.165) is 31.2 Å². The third-order valence-corrected chi connectivity index (χ3v) is 6.10. The topological polar surface area (TPSA) is 140 Å². The van der Waals surface area contributed by atoms with E-state index in [4.69, 9.17) is 15.5 Å². The smallest absolute Gasteiger partial charge is 0.325 e. The van der Waals surface area contributed by atoms with Gasteiger partial charge in [-0.2, -0.15) is 0 Å². The van der Waals surface area contributed by atoms with E-state index in [1.807, 2.05) is 12.1 Å². The van der Waals surface area contributed by atoms with Crippen LogP contribution in [-0.2, 0) is 14.3 Å². The molecule has 0 atom stereocenters. The molecule has 1 saturated carbocycles. The zero-order valence-corrected chi connectivity index (χ0v) is 19.8. The number of nitrogens with zero attached hydrogens (tertiary/aromatic N) is 2. The van der Waals surface area contributed by atoms with Crippen LogP contribution in [0.4, 0.5) is 11.5 Å². The Morgan fingerprint density at radius 3 is 2.49 bits per heavy atom. The summed E-state index contributed by atoms with van der Waals surface area (Å²) in [5.41, 5.74) is 9.07. The maximum atomic E-state index is 12.9. The van der Waals surface area contributed by atoms with Gasteiger partial charge in [0.05, 0.1) is 7.11 Å². The minimum atomic E-state index is -0.421. The number of ether oxygens (including phenoxy) is 1. The third-order valence-electron chi connectivity index (χ3n) is 6.10. The first-order chi connectivity index (χ1) is 16.8. The van der Waals surface area contributed by atoms with E-state index in [2.05, 4.69) is 16.0 Å². The molecule has 1 aliphatic rings. The van der Waals surface area contributed by atoms with Gasteiger partial charge < -0.3 is 26.4 Å². The lowest BCUT2D eigenvalue weighted by atomic mass is 9.91. The highest BCUT2D eigenvalue weighted by Crippen LogP contribution is 2.30. The van der Waals surface area contributed by atoms with Crippen molar-refractivity contribution in [3.63, 3.8) is 0 Å². The molecule has 0 aliphatic heterocycles. The van der Waals surface area contributed by atoms with Crippen molar-refractivity contribution in [2.24, 2.45) is 5.73 Å². The second-order valence-electron chi connectivity index (χ2n) is 8.73. The number of nitrogens with one attached hydrogen (secondary N) is 3. The number of rotatable bonds is 7. The van der Waals surface area contributed by atoms with Gasteiger partial charge in [0.15, 0.2) is 0 Å². The zero-order chi connectivity index (χ0) is 24.9. The molecular formula is C25H30N6O4. The average molecular weight is 479 g/mol. The lowest BCUT2D eigenvalue weighted by Gasteiger charge is -2.26. The Labute approximate surface area is 203 Å². The van der Waals surface area contributed by atoms with Gasteiger partial charge >= 0.3 is 5.97 Å². The van der Waals surface area contributed by atoms with Gasteiger partial charge in [-0.15, -0.1) is 0 Å². The van der Waals surface area contributed by atoms with E-state index < -0.39 is 5.97 Å². The maximum Gasteiger partial charge on any atom is 0.325 e. The summed E-state index contributed by atoms with van der Waals surface area (Å²) in [6, 6.07) is 11.0. The number of pyridine rings is 1. The number of carbonyl (C=O) groups is 3. The SMILES string of the molecule is COC(=O)CNc1c(-c2ccc(NC(C)=O)cc2)nc2cc(C(=O)NC3CCC(N)CC3)ccn12. The lowest BCUT2D eigenvalue weighted by Crippen LogP contribution is -2.40. The summed E-state index contributed by atoms with van der Waals surface area (Å²) in [5, 5.41) is 8.93. The van der Waals surface area contributed by atoms with Crippen LogP contribution < -0.4 is 21.7 Å². The normalized spacial score (nSPS) is 17.6. The summed E-state index contributed by atoms with van der Waals surface area (Å²) in [5.74, 6) is -0.143. The zero-order valence-electron chi connectivity index (χ0n) is 19.8. The Balaban J connectivity index is 1.63. The first-order valence-electron chi connectivity index (χ1n) is 11.6. The van der Waals surface area contributed by atoms with E-state index in [1.165, 1.54) is 14.0 Å². The van der Waals surface area contributed by atoms with Gasteiger partial charge in [-0.05, 0) is 49.9 Å². The molecule has 184 valence electrons. The highest BCUT2D eigenvalue weighted by atomic mass is 16.5. The fraction of sp³-hybridized carbons (Fsp3) is 0.360. The van der Waals surface area contributed by atoms with Crippen LogP contribution in [0.5, 0.6) is 0 Å². The van der Waals surface area contributed by atoms with Gasteiger partial charge in [-0.1, -0.05) is 12.1 Å². The van der Waals surface area contributed by atoms with Crippen molar-refractivity contribution in [2.75, 3.05) is 24.3 Å². The highest BCUT2D eigenvalue weighted by molar-refractivity contribution is 5.96. The molecule has 0 radical (unpaired) electrons. The predicted octanol–water partition coefficient (Wildman–Crippen LogP) is 2.54. The summed E-state index contributed by atoms with van der Waals surface area (Å²) in [4.78, 5) is 40.7. The summed E-state index contributed by atoms with van der Waals surface area (Å²) >= 11 is 0. The molecular weight excluding hydrogens is 448 g/mol.